The number of rotatable bonds is 4. The summed E-state index contributed by atoms with van der Waals surface area (Å²) in [5.41, 5.74) is 3.26. The van der Waals surface area contributed by atoms with Crippen LogP contribution in [0.5, 0.6) is 0 Å². The molecule has 0 aliphatic rings. The van der Waals surface area contributed by atoms with Crippen LogP contribution in [0.2, 0.25) is 0 Å². The van der Waals surface area contributed by atoms with Crippen molar-refractivity contribution in [2.75, 3.05) is 5.32 Å². The summed E-state index contributed by atoms with van der Waals surface area (Å²) in [6.07, 6.45) is 2.91. The number of nitro groups is 1. The number of anilines is 1. The van der Waals surface area contributed by atoms with E-state index in [2.05, 4.69) is 21.2 Å². The second-order valence-electron chi connectivity index (χ2n) is 5.09. The van der Waals surface area contributed by atoms with E-state index in [1.807, 2.05) is 26.0 Å². The Bertz CT molecular complexity index is 777. The van der Waals surface area contributed by atoms with E-state index in [4.69, 9.17) is 0 Å². The van der Waals surface area contributed by atoms with Crippen molar-refractivity contribution in [3.05, 3.63) is 73.8 Å². The third-order valence-electron chi connectivity index (χ3n) is 3.25. The Morgan fingerprint density at radius 1 is 1.22 bits per heavy atom. The number of hydrogen-bond acceptors (Lipinski definition) is 3. The lowest BCUT2D eigenvalue weighted by Gasteiger charge is -2.10. The normalized spacial score (nSPS) is 10.7. The highest BCUT2D eigenvalue weighted by Crippen LogP contribution is 2.25. The molecule has 0 radical (unpaired) electrons. The Hall–Kier alpha value is -2.47. The second kappa shape index (κ2) is 7.19. The fourth-order valence-electron chi connectivity index (χ4n) is 2.19. The van der Waals surface area contributed by atoms with Crippen molar-refractivity contribution in [3.63, 3.8) is 0 Å². The smallest absolute Gasteiger partial charge is 0.270 e. The van der Waals surface area contributed by atoms with Crippen molar-refractivity contribution in [2.24, 2.45) is 0 Å². The van der Waals surface area contributed by atoms with Crippen molar-refractivity contribution >= 4 is 39.3 Å². The van der Waals surface area contributed by atoms with Gasteiger partial charge in [0.1, 0.15) is 0 Å². The number of non-ortho nitro benzene ring substituents is 1. The zero-order valence-electron chi connectivity index (χ0n) is 12.7. The minimum Gasteiger partial charge on any atom is -0.322 e. The van der Waals surface area contributed by atoms with Crippen molar-refractivity contribution in [1.82, 2.24) is 0 Å². The van der Waals surface area contributed by atoms with Crippen molar-refractivity contribution in [1.29, 1.82) is 0 Å². The van der Waals surface area contributed by atoms with Crippen LogP contribution in [0.3, 0.4) is 0 Å². The summed E-state index contributed by atoms with van der Waals surface area (Å²) in [4.78, 5) is 22.3. The minimum absolute atomic E-state index is 0.00726. The fraction of sp³-hybridized carbons (Fsp3) is 0.118. The molecule has 1 N–H and O–H groups in total. The summed E-state index contributed by atoms with van der Waals surface area (Å²) >= 11 is 3.41. The second-order valence-corrected chi connectivity index (χ2v) is 6.00. The van der Waals surface area contributed by atoms with Crippen LogP contribution in [0.15, 0.2) is 46.9 Å². The molecular weight excluding hydrogens is 360 g/mol. The molecule has 2 rings (SSSR count). The van der Waals surface area contributed by atoms with E-state index in [9.17, 15) is 14.9 Å². The molecule has 118 valence electrons. The number of nitrogens with zero attached hydrogens (tertiary/aromatic N) is 1. The number of benzene rings is 2. The van der Waals surface area contributed by atoms with Crippen LogP contribution in [0, 0.1) is 24.0 Å². The van der Waals surface area contributed by atoms with Crippen molar-refractivity contribution < 1.29 is 9.72 Å². The number of halogens is 1. The molecule has 0 atom stereocenters. The monoisotopic (exact) mass is 374 g/mol. The maximum atomic E-state index is 12.1. The number of nitrogens with one attached hydrogen (secondary N) is 1. The van der Waals surface area contributed by atoms with Gasteiger partial charge in [0, 0.05) is 28.4 Å². The highest BCUT2D eigenvalue weighted by Gasteiger charge is 2.07. The molecule has 2 aromatic rings. The maximum Gasteiger partial charge on any atom is 0.270 e. The first-order valence-corrected chi connectivity index (χ1v) is 7.66. The van der Waals surface area contributed by atoms with Gasteiger partial charge in [-0.2, -0.15) is 0 Å². The highest BCUT2D eigenvalue weighted by atomic mass is 79.9. The van der Waals surface area contributed by atoms with Crippen LogP contribution in [0.1, 0.15) is 16.7 Å². The van der Waals surface area contributed by atoms with E-state index in [0.29, 0.717) is 5.56 Å². The molecule has 2 aromatic carbocycles. The van der Waals surface area contributed by atoms with Crippen LogP contribution in [0.25, 0.3) is 6.08 Å². The molecule has 0 saturated carbocycles. The molecule has 0 saturated heterocycles. The zero-order chi connectivity index (χ0) is 17.0. The molecule has 6 heteroatoms. The highest BCUT2D eigenvalue weighted by molar-refractivity contribution is 9.10. The number of carbonyl (C=O) groups is 1. The first-order valence-electron chi connectivity index (χ1n) is 6.87. The van der Waals surface area contributed by atoms with Gasteiger partial charge in [0.25, 0.3) is 5.69 Å². The topological polar surface area (TPSA) is 72.2 Å². The predicted octanol–water partition coefficient (Wildman–Crippen LogP) is 4.63. The molecule has 0 aromatic heterocycles. The van der Waals surface area contributed by atoms with Gasteiger partial charge in [-0.05, 0) is 48.7 Å². The summed E-state index contributed by atoms with van der Waals surface area (Å²) < 4.78 is 0.956. The van der Waals surface area contributed by atoms with Crippen LogP contribution in [-0.4, -0.2) is 10.8 Å². The van der Waals surface area contributed by atoms with Gasteiger partial charge < -0.3 is 5.32 Å². The van der Waals surface area contributed by atoms with Crippen molar-refractivity contribution in [3.8, 4) is 0 Å². The first kappa shape index (κ1) is 16.9. The molecule has 5 nitrogen and oxygen atoms in total. The van der Waals surface area contributed by atoms with E-state index < -0.39 is 4.92 Å². The predicted molar refractivity (Wildman–Crippen MR) is 94.4 cm³/mol. The van der Waals surface area contributed by atoms with E-state index in [0.717, 1.165) is 21.3 Å². The van der Waals surface area contributed by atoms with E-state index in [-0.39, 0.29) is 11.6 Å². The molecular formula is C17H15BrN2O3. The lowest BCUT2D eigenvalue weighted by atomic mass is 10.1. The standard InChI is InChI=1S/C17H15BrN2O3/c1-11-8-14(18)9-12(2)17(11)19-16(21)7-6-13-4-3-5-15(10-13)20(22)23/h3-10H,1-2H3,(H,19,21)/b7-6+. The first-order chi connectivity index (χ1) is 10.9. The maximum absolute atomic E-state index is 12.1. The summed E-state index contributed by atoms with van der Waals surface area (Å²) in [5.74, 6) is -0.287. The molecule has 0 unspecified atom stereocenters. The largest absolute Gasteiger partial charge is 0.322 e. The van der Waals surface area contributed by atoms with Gasteiger partial charge in [0.15, 0.2) is 0 Å². The molecule has 0 spiro atoms. The molecule has 23 heavy (non-hydrogen) atoms. The van der Waals surface area contributed by atoms with Crippen LogP contribution < -0.4 is 5.32 Å². The molecule has 0 fully saturated rings. The number of nitro benzene ring substituents is 1. The Morgan fingerprint density at radius 2 is 1.87 bits per heavy atom. The van der Waals surface area contributed by atoms with Gasteiger partial charge >= 0.3 is 0 Å². The van der Waals surface area contributed by atoms with E-state index >= 15 is 0 Å². The van der Waals surface area contributed by atoms with Crippen LogP contribution in [0.4, 0.5) is 11.4 Å². The molecule has 1 amide bonds. The third-order valence-corrected chi connectivity index (χ3v) is 3.71. The minimum atomic E-state index is -0.466. The van der Waals surface area contributed by atoms with Crippen LogP contribution >= 0.6 is 15.9 Å². The van der Waals surface area contributed by atoms with Gasteiger partial charge in [0.2, 0.25) is 5.91 Å². The SMILES string of the molecule is Cc1cc(Br)cc(C)c1NC(=O)/C=C/c1cccc([N+](=O)[O-])c1. The molecule has 0 bridgehead atoms. The van der Waals surface area contributed by atoms with Crippen LogP contribution in [-0.2, 0) is 4.79 Å². The molecule has 0 aliphatic heterocycles. The quantitative estimate of drug-likeness (QED) is 0.481. The van der Waals surface area contributed by atoms with Gasteiger partial charge in [0.05, 0.1) is 4.92 Å². The number of carbonyl (C=O) groups excluding carboxylic acids is 1. The fourth-order valence-corrected chi connectivity index (χ4v) is 2.87. The van der Waals surface area contributed by atoms with Gasteiger partial charge in [-0.1, -0.05) is 28.1 Å². The Labute approximate surface area is 142 Å². The van der Waals surface area contributed by atoms with E-state index in [1.54, 1.807) is 18.2 Å². The Kier molecular flexibility index (Phi) is 5.28. The lowest BCUT2D eigenvalue weighted by Crippen LogP contribution is -2.10. The lowest BCUT2D eigenvalue weighted by molar-refractivity contribution is -0.384. The van der Waals surface area contributed by atoms with Gasteiger partial charge in [-0.25, -0.2) is 0 Å². The summed E-state index contributed by atoms with van der Waals surface area (Å²) in [6, 6.07) is 9.96. The van der Waals surface area contributed by atoms with Gasteiger partial charge in [-0.3, -0.25) is 14.9 Å². The Balaban J connectivity index is 2.14. The summed E-state index contributed by atoms with van der Waals surface area (Å²) in [6.45, 7) is 3.83. The zero-order valence-corrected chi connectivity index (χ0v) is 14.3. The average molecular weight is 375 g/mol. The summed E-state index contributed by atoms with van der Waals surface area (Å²) in [7, 11) is 0. The number of aryl methyl sites for hydroxylation is 2. The average Bonchev–Trinajstić information content (AvgIpc) is 2.49. The van der Waals surface area contributed by atoms with E-state index in [1.165, 1.54) is 18.2 Å². The summed E-state index contributed by atoms with van der Waals surface area (Å²) in [5, 5.41) is 13.6. The molecule has 0 aliphatic carbocycles. The molecule has 0 heterocycles. The number of amides is 1. The number of hydrogen-bond donors (Lipinski definition) is 1. The third kappa shape index (κ3) is 4.50. The van der Waals surface area contributed by atoms with Crippen molar-refractivity contribution in [2.45, 2.75) is 13.8 Å². The Morgan fingerprint density at radius 3 is 2.48 bits per heavy atom. The van der Waals surface area contributed by atoms with Gasteiger partial charge in [-0.15, -0.1) is 0 Å².